The molecule has 0 aliphatic carbocycles. The summed E-state index contributed by atoms with van der Waals surface area (Å²) in [6, 6.07) is 7.64. The molecular formula is C13H17IN4O2. The van der Waals surface area contributed by atoms with E-state index in [1.807, 2.05) is 24.3 Å². The van der Waals surface area contributed by atoms with Gasteiger partial charge in [0.2, 0.25) is 0 Å². The Morgan fingerprint density at radius 2 is 2.15 bits per heavy atom. The van der Waals surface area contributed by atoms with Gasteiger partial charge < -0.3 is 4.74 Å². The van der Waals surface area contributed by atoms with Crippen LogP contribution in [-0.2, 0) is 15.1 Å². The van der Waals surface area contributed by atoms with Crippen molar-refractivity contribution < 1.29 is 9.53 Å². The van der Waals surface area contributed by atoms with Gasteiger partial charge >= 0.3 is 5.97 Å². The van der Waals surface area contributed by atoms with Crippen molar-refractivity contribution in [3.8, 4) is 0 Å². The maximum absolute atomic E-state index is 12.2. The molecule has 0 spiro atoms. The number of halogens is 1. The lowest BCUT2D eigenvalue weighted by molar-refractivity contribution is -0.151. The third-order valence-corrected chi connectivity index (χ3v) is 3.58. The SMILES string of the molecule is CCOC(=O)C(C)(NCCN=[N+]=[N-])c1ccc(I)cc1. The number of carbonyl (C=O) groups excluding carboxylic acids is 1. The lowest BCUT2D eigenvalue weighted by atomic mass is 9.92. The molecule has 1 aromatic rings. The molecule has 0 heterocycles. The first-order valence-electron chi connectivity index (χ1n) is 6.23. The van der Waals surface area contributed by atoms with Gasteiger partial charge in [-0.1, -0.05) is 17.2 Å². The van der Waals surface area contributed by atoms with E-state index < -0.39 is 5.54 Å². The zero-order valence-electron chi connectivity index (χ0n) is 11.5. The van der Waals surface area contributed by atoms with Gasteiger partial charge in [0.1, 0.15) is 5.54 Å². The fourth-order valence-electron chi connectivity index (χ4n) is 1.75. The summed E-state index contributed by atoms with van der Waals surface area (Å²) in [5, 5.41) is 6.56. The van der Waals surface area contributed by atoms with E-state index in [4.69, 9.17) is 10.3 Å². The number of azide groups is 1. The van der Waals surface area contributed by atoms with Crippen molar-refractivity contribution in [2.24, 2.45) is 5.11 Å². The van der Waals surface area contributed by atoms with E-state index in [0.717, 1.165) is 9.13 Å². The van der Waals surface area contributed by atoms with Crippen molar-refractivity contribution in [1.29, 1.82) is 0 Å². The second kappa shape index (κ2) is 8.08. The summed E-state index contributed by atoms with van der Waals surface area (Å²) in [4.78, 5) is 14.9. The lowest BCUT2D eigenvalue weighted by Gasteiger charge is -2.29. The molecule has 1 atom stereocenters. The van der Waals surface area contributed by atoms with Crippen molar-refractivity contribution in [3.63, 3.8) is 0 Å². The molecule has 1 unspecified atom stereocenters. The van der Waals surface area contributed by atoms with Crippen molar-refractivity contribution in [1.82, 2.24) is 5.32 Å². The first-order valence-corrected chi connectivity index (χ1v) is 7.31. The summed E-state index contributed by atoms with van der Waals surface area (Å²) >= 11 is 2.21. The Kier molecular flexibility index (Phi) is 6.77. The second-order valence-corrected chi connectivity index (χ2v) is 5.48. The van der Waals surface area contributed by atoms with E-state index in [-0.39, 0.29) is 12.5 Å². The predicted molar refractivity (Wildman–Crippen MR) is 85.2 cm³/mol. The van der Waals surface area contributed by atoms with Crippen LogP contribution >= 0.6 is 22.6 Å². The maximum atomic E-state index is 12.2. The van der Waals surface area contributed by atoms with Crippen LogP contribution in [0.15, 0.2) is 29.4 Å². The molecule has 0 amide bonds. The Hall–Kier alpha value is -1.31. The van der Waals surface area contributed by atoms with Crippen LogP contribution in [-0.4, -0.2) is 25.7 Å². The Labute approximate surface area is 131 Å². The number of hydrogen-bond acceptors (Lipinski definition) is 4. The number of nitrogens with zero attached hydrogens (tertiary/aromatic N) is 3. The number of hydrogen-bond donors (Lipinski definition) is 1. The maximum Gasteiger partial charge on any atom is 0.330 e. The van der Waals surface area contributed by atoms with Gasteiger partial charge in [-0.25, -0.2) is 4.79 Å². The Morgan fingerprint density at radius 1 is 1.50 bits per heavy atom. The van der Waals surface area contributed by atoms with Gasteiger partial charge in [-0.05, 0) is 59.7 Å². The standard InChI is InChI=1S/C13H17IN4O2/c1-3-20-12(19)13(2,16-8-9-17-18-15)10-4-6-11(14)7-5-10/h4-7,16H,3,8-9H2,1-2H3. The Morgan fingerprint density at radius 3 is 2.70 bits per heavy atom. The molecule has 0 saturated heterocycles. The van der Waals surface area contributed by atoms with Gasteiger partial charge in [0.25, 0.3) is 0 Å². The molecule has 0 fully saturated rings. The van der Waals surface area contributed by atoms with Crippen molar-refractivity contribution in [2.75, 3.05) is 19.7 Å². The van der Waals surface area contributed by atoms with Gasteiger partial charge in [0.05, 0.1) is 6.61 Å². The molecule has 0 bridgehead atoms. The highest BCUT2D eigenvalue weighted by Gasteiger charge is 2.35. The number of nitrogens with one attached hydrogen (secondary N) is 1. The van der Waals surface area contributed by atoms with Crippen LogP contribution in [0.5, 0.6) is 0 Å². The van der Waals surface area contributed by atoms with Crippen molar-refractivity contribution in [3.05, 3.63) is 43.8 Å². The molecule has 1 rings (SSSR count). The van der Waals surface area contributed by atoms with Crippen LogP contribution in [0, 0.1) is 3.57 Å². The number of rotatable bonds is 7. The van der Waals surface area contributed by atoms with Crippen LogP contribution in [0.4, 0.5) is 0 Å². The number of ether oxygens (including phenoxy) is 1. The summed E-state index contributed by atoms with van der Waals surface area (Å²) in [6.45, 7) is 4.52. The zero-order chi connectivity index (χ0) is 15.0. The monoisotopic (exact) mass is 388 g/mol. The zero-order valence-corrected chi connectivity index (χ0v) is 13.6. The molecular weight excluding hydrogens is 371 g/mol. The van der Waals surface area contributed by atoms with E-state index in [9.17, 15) is 4.79 Å². The molecule has 1 N–H and O–H groups in total. The minimum atomic E-state index is -0.953. The van der Waals surface area contributed by atoms with Crippen LogP contribution in [0.25, 0.3) is 10.4 Å². The number of benzene rings is 1. The molecule has 0 aliphatic heterocycles. The predicted octanol–water partition coefficient (Wildman–Crippen LogP) is 2.97. The fraction of sp³-hybridized carbons (Fsp3) is 0.462. The van der Waals surface area contributed by atoms with Crippen LogP contribution in [0.3, 0.4) is 0 Å². The minimum absolute atomic E-state index is 0.274. The van der Waals surface area contributed by atoms with E-state index >= 15 is 0 Å². The summed E-state index contributed by atoms with van der Waals surface area (Å²) in [5.41, 5.74) is 8.14. The molecule has 0 aromatic heterocycles. The summed E-state index contributed by atoms with van der Waals surface area (Å²) in [6.07, 6.45) is 0. The second-order valence-electron chi connectivity index (χ2n) is 4.23. The van der Waals surface area contributed by atoms with Crippen LogP contribution in [0.1, 0.15) is 19.4 Å². The van der Waals surface area contributed by atoms with Crippen molar-refractivity contribution in [2.45, 2.75) is 19.4 Å². The van der Waals surface area contributed by atoms with Gasteiger partial charge in [0.15, 0.2) is 0 Å². The third-order valence-electron chi connectivity index (χ3n) is 2.86. The lowest BCUT2D eigenvalue weighted by Crippen LogP contribution is -2.48. The highest BCUT2D eigenvalue weighted by molar-refractivity contribution is 14.1. The molecule has 0 radical (unpaired) electrons. The van der Waals surface area contributed by atoms with E-state index in [2.05, 4.69) is 37.9 Å². The molecule has 0 aliphatic rings. The number of carbonyl (C=O) groups is 1. The van der Waals surface area contributed by atoms with Gasteiger partial charge in [-0.3, -0.25) is 5.32 Å². The van der Waals surface area contributed by atoms with E-state index in [1.165, 1.54) is 0 Å². The largest absolute Gasteiger partial charge is 0.464 e. The van der Waals surface area contributed by atoms with Gasteiger partial charge in [-0.2, -0.15) is 0 Å². The molecule has 108 valence electrons. The summed E-state index contributed by atoms with van der Waals surface area (Å²) < 4.78 is 6.23. The van der Waals surface area contributed by atoms with Crippen LogP contribution < -0.4 is 5.32 Å². The third kappa shape index (κ3) is 4.36. The highest BCUT2D eigenvalue weighted by Crippen LogP contribution is 2.23. The summed E-state index contributed by atoms with van der Waals surface area (Å²) in [5.74, 6) is -0.345. The van der Waals surface area contributed by atoms with Gasteiger partial charge in [-0.15, -0.1) is 0 Å². The fourth-order valence-corrected chi connectivity index (χ4v) is 2.11. The van der Waals surface area contributed by atoms with Crippen molar-refractivity contribution >= 4 is 28.6 Å². The average molecular weight is 388 g/mol. The van der Waals surface area contributed by atoms with Crippen LogP contribution in [0.2, 0.25) is 0 Å². The highest BCUT2D eigenvalue weighted by atomic mass is 127. The van der Waals surface area contributed by atoms with E-state index in [0.29, 0.717) is 13.2 Å². The first-order chi connectivity index (χ1) is 9.54. The Balaban J connectivity index is 2.96. The number of esters is 1. The quantitative estimate of drug-likeness (QED) is 0.195. The molecule has 0 saturated carbocycles. The average Bonchev–Trinajstić information content (AvgIpc) is 2.44. The summed E-state index contributed by atoms with van der Waals surface area (Å²) in [7, 11) is 0. The topological polar surface area (TPSA) is 87.1 Å². The Bertz CT molecular complexity index is 500. The smallest absolute Gasteiger partial charge is 0.330 e. The molecule has 1 aromatic carbocycles. The first kappa shape index (κ1) is 16.7. The molecule has 7 heteroatoms. The van der Waals surface area contributed by atoms with Gasteiger partial charge in [0, 0.05) is 21.6 Å². The molecule has 6 nitrogen and oxygen atoms in total. The molecule has 20 heavy (non-hydrogen) atoms. The normalized spacial score (nSPS) is 13.2. The minimum Gasteiger partial charge on any atom is -0.464 e. The van der Waals surface area contributed by atoms with E-state index in [1.54, 1.807) is 13.8 Å².